The molecule has 0 radical (unpaired) electrons. The second-order valence-electron chi connectivity index (χ2n) is 5.30. The molecule has 1 aromatic carbocycles. The van der Waals surface area contributed by atoms with Gasteiger partial charge in [-0.1, -0.05) is 24.1 Å². The van der Waals surface area contributed by atoms with E-state index in [0.717, 1.165) is 18.4 Å². The Bertz CT molecular complexity index is 625. The fourth-order valence-corrected chi connectivity index (χ4v) is 4.56. The Kier molecular flexibility index (Phi) is 4.15. The molecule has 1 heterocycles. The monoisotopic (exact) mass is 296 g/mol. The first-order chi connectivity index (χ1) is 9.34. The van der Waals surface area contributed by atoms with Crippen LogP contribution in [0.5, 0.6) is 0 Å². The van der Waals surface area contributed by atoms with E-state index < -0.39 is 22.0 Å². The summed E-state index contributed by atoms with van der Waals surface area (Å²) in [6.07, 6.45) is 2.08. The van der Waals surface area contributed by atoms with Crippen LogP contribution in [0.1, 0.15) is 30.4 Å². The third-order valence-electron chi connectivity index (χ3n) is 3.70. The number of carbonyl (C=O) groups excluding carboxylic acids is 1. The van der Waals surface area contributed by atoms with Crippen LogP contribution in [0.2, 0.25) is 0 Å². The average molecular weight is 296 g/mol. The quantitative estimate of drug-likeness (QED) is 0.913. The van der Waals surface area contributed by atoms with Gasteiger partial charge in [0, 0.05) is 6.54 Å². The van der Waals surface area contributed by atoms with Crippen LogP contribution in [0.3, 0.4) is 0 Å². The van der Waals surface area contributed by atoms with Crippen molar-refractivity contribution < 1.29 is 13.2 Å². The zero-order valence-corrected chi connectivity index (χ0v) is 12.6. The molecule has 1 amide bonds. The van der Waals surface area contributed by atoms with Crippen molar-refractivity contribution in [2.45, 2.75) is 44.0 Å². The van der Waals surface area contributed by atoms with Gasteiger partial charge in [-0.05, 0) is 38.3 Å². The molecule has 5 nitrogen and oxygen atoms in total. The van der Waals surface area contributed by atoms with Gasteiger partial charge in [0.1, 0.15) is 6.04 Å². The first-order valence-corrected chi connectivity index (χ1v) is 8.16. The van der Waals surface area contributed by atoms with E-state index in [9.17, 15) is 13.2 Å². The summed E-state index contributed by atoms with van der Waals surface area (Å²) >= 11 is 0. The zero-order chi connectivity index (χ0) is 14.9. The number of carbonyl (C=O) groups is 1. The summed E-state index contributed by atoms with van der Waals surface area (Å²) in [6.45, 7) is 4.03. The van der Waals surface area contributed by atoms with Gasteiger partial charge in [0.15, 0.2) is 0 Å². The maximum Gasteiger partial charge on any atom is 0.244 e. The third kappa shape index (κ3) is 2.71. The number of piperidine rings is 1. The summed E-state index contributed by atoms with van der Waals surface area (Å²) in [5.41, 5.74) is 7.05. The van der Waals surface area contributed by atoms with Gasteiger partial charge in [-0.2, -0.15) is 4.31 Å². The van der Waals surface area contributed by atoms with Crippen LogP contribution < -0.4 is 5.73 Å². The van der Waals surface area contributed by atoms with Gasteiger partial charge in [-0.3, -0.25) is 4.79 Å². The molecule has 1 aliphatic rings. The van der Waals surface area contributed by atoms with Crippen LogP contribution in [-0.2, 0) is 14.8 Å². The first-order valence-electron chi connectivity index (χ1n) is 6.72. The maximum atomic E-state index is 12.8. The Labute approximate surface area is 119 Å². The van der Waals surface area contributed by atoms with Crippen molar-refractivity contribution in [3.63, 3.8) is 0 Å². The number of sulfonamides is 1. The van der Waals surface area contributed by atoms with Crippen LogP contribution in [0.25, 0.3) is 0 Å². The molecular weight excluding hydrogens is 276 g/mol. The highest BCUT2D eigenvalue weighted by Gasteiger charge is 2.37. The van der Waals surface area contributed by atoms with Crippen LogP contribution in [0.4, 0.5) is 0 Å². The molecule has 1 saturated heterocycles. The van der Waals surface area contributed by atoms with Crippen molar-refractivity contribution in [1.82, 2.24) is 4.31 Å². The van der Waals surface area contributed by atoms with Gasteiger partial charge in [0.05, 0.1) is 4.90 Å². The molecule has 2 rings (SSSR count). The first kappa shape index (κ1) is 15.0. The number of hydrogen-bond donors (Lipinski definition) is 1. The Balaban J connectivity index is 2.45. The van der Waals surface area contributed by atoms with E-state index in [4.69, 9.17) is 5.73 Å². The molecule has 0 aromatic heterocycles. The number of benzene rings is 1. The summed E-state index contributed by atoms with van der Waals surface area (Å²) < 4.78 is 26.8. The van der Waals surface area contributed by atoms with Gasteiger partial charge in [-0.15, -0.1) is 0 Å². The smallest absolute Gasteiger partial charge is 0.244 e. The lowest BCUT2D eigenvalue weighted by atomic mass is 10.0. The normalized spacial score (nSPS) is 20.8. The van der Waals surface area contributed by atoms with Crippen LogP contribution in [-0.4, -0.2) is 31.2 Å². The Hall–Kier alpha value is -1.40. The fraction of sp³-hybridized carbons (Fsp3) is 0.500. The summed E-state index contributed by atoms with van der Waals surface area (Å²) in [4.78, 5) is 11.8. The van der Waals surface area contributed by atoms with E-state index >= 15 is 0 Å². The summed E-state index contributed by atoms with van der Waals surface area (Å²) in [5.74, 6) is -0.571. The van der Waals surface area contributed by atoms with Crippen molar-refractivity contribution in [2.24, 2.45) is 5.73 Å². The lowest BCUT2D eigenvalue weighted by Gasteiger charge is -2.32. The third-order valence-corrected chi connectivity index (χ3v) is 5.77. The van der Waals surface area contributed by atoms with Gasteiger partial charge in [0.2, 0.25) is 15.9 Å². The minimum atomic E-state index is -3.67. The molecule has 0 spiro atoms. The van der Waals surface area contributed by atoms with E-state index in [-0.39, 0.29) is 4.90 Å². The van der Waals surface area contributed by atoms with Gasteiger partial charge < -0.3 is 5.73 Å². The Morgan fingerprint density at radius 3 is 2.60 bits per heavy atom. The lowest BCUT2D eigenvalue weighted by Crippen LogP contribution is -2.50. The SMILES string of the molecule is Cc1ccc(S(=O)(=O)N2CCCC[C@@H]2C(N)=O)c(C)c1. The largest absolute Gasteiger partial charge is 0.368 e. The van der Waals surface area contributed by atoms with E-state index in [1.54, 1.807) is 19.1 Å². The van der Waals surface area contributed by atoms with Crippen molar-refractivity contribution >= 4 is 15.9 Å². The number of nitrogens with zero attached hydrogens (tertiary/aromatic N) is 1. The Morgan fingerprint density at radius 1 is 1.30 bits per heavy atom. The lowest BCUT2D eigenvalue weighted by molar-refractivity contribution is -0.122. The van der Waals surface area contributed by atoms with Gasteiger partial charge in [0.25, 0.3) is 0 Å². The number of primary amides is 1. The van der Waals surface area contributed by atoms with E-state index in [1.807, 2.05) is 13.0 Å². The van der Waals surface area contributed by atoms with Crippen LogP contribution in [0, 0.1) is 13.8 Å². The number of aryl methyl sites for hydroxylation is 2. The molecule has 1 fully saturated rings. The van der Waals surface area contributed by atoms with Crippen molar-refractivity contribution in [3.8, 4) is 0 Å². The molecule has 1 aliphatic heterocycles. The van der Waals surface area contributed by atoms with Gasteiger partial charge in [-0.25, -0.2) is 8.42 Å². The summed E-state index contributed by atoms with van der Waals surface area (Å²) in [5, 5.41) is 0. The maximum absolute atomic E-state index is 12.8. The van der Waals surface area contributed by atoms with E-state index in [0.29, 0.717) is 18.5 Å². The molecule has 0 bridgehead atoms. The minimum Gasteiger partial charge on any atom is -0.368 e. The second-order valence-corrected chi connectivity index (χ2v) is 7.16. The van der Waals surface area contributed by atoms with E-state index in [2.05, 4.69) is 0 Å². The minimum absolute atomic E-state index is 0.260. The number of amides is 1. The van der Waals surface area contributed by atoms with Crippen molar-refractivity contribution in [3.05, 3.63) is 29.3 Å². The van der Waals surface area contributed by atoms with Crippen molar-refractivity contribution in [1.29, 1.82) is 0 Å². The molecule has 0 unspecified atom stereocenters. The number of hydrogen-bond acceptors (Lipinski definition) is 3. The molecule has 0 saturated carbocycles. The molecular formula is C14H20N2O3S. The highest BCUT2D eigenvalue weighted by Crippen LogP contribution is 2.27. The summed E-state index contributed by atoms with van der Waals surface area (Å²) in [7, 11) is -3.67. The molecule has 2 N–H and O–H groups in total. The topological polar surface area (TPSA) is 80.5 Å². The van der Waals surface area contributed by atoms with Crippen LogP contribution in [0.15, 0.2) is 23.1 Å². The molecule has 110 valence electrons. The highest BCUT2D eigenvalue weighted by atomic mass is 32.2. The van der Waals surface area contributed by atoms with Gasteiger partial charge >= 0.3 is 0 Å². The Morgan fingerprint density at radius 2 is 2.00 bits per heavy atom. The number of rotatable bonds is 3. The standard InChI is InChI=1S/C14H20N2O3S/c1-10-6-7-13(11(2)9-10)20(18,19)16-8-4-3-5-12(16)14(15)17/h6-7,9,12H,3-5,8H2,1-2H3,(H2,15,17)/t12-/m1/s1. The number of nitrogens with two attached hydrogens (primary N) is 1. The molecule has 20 heavy (non-hydrogen) atoms. The highest BCUT2D eigenvalue weighted by molar-refractivity contribution is 7.89. The second kappa shape index (κ2) is 5.54. The van der Waals surface area contributed by atoms with Crippen molar-refractivity contribution in [2.75, 3.05) is 6.54 Å². The predicted molar refractivity (Wildman–Crippen MR) is 76.6 cm³/mol. The summed E-state index contributed by atoms with van der Waals surface area (Å²) in [6, 6.07) is 4.47. The fourth-order valence-electron chi connectivity index (χ4n) is 2.69. The average Bonchev–Trinajstić information content (AvgIpc) is 2.38. The van der Waals surface area contributed by atoms with E-state index in [1.165, 1.54) is 4.31 Å². The molecule has 1 atom stereocenters. The zero-order valence-electron chi connectivity index (χ0n) is 11.8. The molecule has 0 aliphatic carbocycles. The predicted octanol–water partition coefficient (Wildman–Crippen LogP) is 1.33. The molecule has 1 aromatic rings. The molecule has 6 heteroatoms. The van der Waals surface area contributed by atoms with Crippen LogP contribution >= 0.6 is 0 Å².